The number of rotatable bonds is 4. The standard InChI is InChI=1S/C21H25ClN2O/c1-15-5-10-20(16(2)12-15)23-21(25)18-4-3-11-24(14-18)13-17-6-8-19(22)9-7-17/h5-10,12,18H,3-4,11,13-14H2,1-2H3,(H,23,25)/t18-/m0/s1. The number of amides is 1. The summed E-state index contributed by atoms with van der Waals surface area (Å²) >= 11 is 5.95. The molecule has 3 nitrogen and oxygen atoms in total. The molecule has 1 amide bonds. The molecular weight excluding hydrogens is 332 g/mol. The zero-order valence-corrected chi connectivity index (χ0v) is 15.6. The van der Waals surface area contributed by atoms with Gasteiger partial charge in [0.1, 0.15) is 0 Å². The fourth-order valence-corrected chi connectivity index (χ4v) is 3.58. The van der Waals surface area contributed by atoms with Crippen LogP contribution in [0.3, 0.4) is 0 Å². The quantitative estimate of drug-likeness (QED) is 0.852. The Labute approximate surface area is 155 Å². The molecule has 3 rings (SSSR count). The summed E-state index contributed by atoms with van der Waals surface area (Å²) in [5.74, 6) is 0.175. The summed E-state index contributed by atoms with van der Waals surface area (Å²) < 4.78 is 0. The van der Waals surface area contributed by atoms with Crippen LogP contribution >= 0.6 is 11.6 Å². The van der Waals surface area contributed by atoms with Crippen LogP contribution in [0.1, 0.15) is 29.5 Å². The van der Waals surface area contributed by atoms with Gasteiger partial charge in [0, 0.05) is 23.8 Å². The largest absolute Gasteiger partial charge is 0.326 e. The average molecular weight is 357 g/mol. The van der Waals surface area contributed by atoms with Crippen LogP contribution in [0.2, 0.25) is 5.02 Å². The minimum Gasteiger partial charge on any atom is -0.326 e. The van der Waals surface area contributed by atoms with Crippen molar-refractivity contribution in [1.29, 1.82) is 0 Å². The van der Waals surface area contributed by atoms with Crippen molar-refractivity contribution in [3.63, 3.8) is 0 Å². The van der Waals surface area contributed by atoms with Gasteiger partial charge >= 0.3 is 0 Å². The van der Waals surface area contributed by atoms with E-state index >= 15 is 0 Å². The highest BCUT2D eigenvalue weighted by Gasteiger charge is 2.26. The monoisotopic (exact) mass is 356 g/mol. The molecule has 1 atom stereocenters. The minimum atomic E-state index is 0.0433. The number of nitrogens with one attached hydrogen (secondary N) is 1. The van der Waals surface area contributed by atoms with Gasteiger partial charge in [-0.15, -0.1) is 0 Å². The first-order valence-electron chi connectivity index (χ1n) is 8.86. The van der Waals surface area contributed by atoms with Crippen LogP contribution in [0.4, 0.5) is 5.69 Å². The van der Waals surface area contributed by atoms with Crippen molar-refractivity contribution in [3.8, 4) is 0 Å². The first-order chi connectivity index (χ1) is 12.0. The smallest absolute Gasteiger partial charge is 0.228 e. The second-order valence-corrected chi connectivity index (χ2v) is 7.44. The van der Waals surface area contributed by atoms with Gasteiger partial charge in [-0.1, -0.05) is 41.4 Å². The summed E-state index contributed by atoms with van der Waals surface area (Å²) in [5.41, 5.74) is 4.48. The second-order valence-electron chi connectivity index (χ2n) is 7.01. The summed E-state index contributed by atoms with van der Waals surface area (Å²) in [6.07, 6.45) is 2.01. The normalized spacial score (nSPS) is 18.1. The second kappa shape index (κ2) is 8.03. The SMILES string of the molecule is Cc1ccc(NC(=O)[C@H]2CCCN(Cc3ccc(Cl)cc3)C2)c(C)c1. The van der Waals surface area contributed by atoms with E-state index in [0.29, 0.717) is 0 Å². The van der Waals surface area contributed by atoms with Crippen LogP contribution in [0.15, 0.2) is 42.5 Å². The molecule has 1 saturated heterocycles. The molecule has 0 aromatic heterocycles. The number of likely N-dealkylation sites (tertiary alicyclic amines) is 1. The average Bonchev–Trinajstić information content (AvgIpc) is 2.60. The number of hydrogen-bond acceptors (Lipinski definition) is 2. The molecular formula is C21H25ClN2O. The van der Waals surface area contributed by atoms with Crippen molar-refractivity contribution >= 4 is 23.2 Å². The van der Waals surface area contributed by atoms with Gasteiger partial charge in [-0.3, -0.25) is 9.69 Å². The Balaban J connectivity index is 1.60. The molecule has 0 radical (unpaired) electrons. The molecule has 1 aliphatic rings. The number of aryl methyl sites for hydroxylation is 2. The number of piperidine rings is 1. The van der Waals surface area contributed by atoms with E-state index < -0.39 is 0 Å². The summed E-state index contributed by atoms with van der Waals surface area (Å²) in [7, 11) is 0. The molecule has 0 aliphatic carbocycles. The van der Waals surface area contributed by atoms with Crippen molar-refractivity contribution < 1.29 is 4.79 Å². The number of nitrogens with zero attached hydrogens (tertiary/aromatic N) is 1. The van der Waals surface area contributed by atoms with E-state index in [0.717, 1.165) is 48.7 Å². The molecule has 0 bridgehead atoms. The number of carbonyl (C=O) groups is 1. The molecule has 25 heavy (non-hydrogen) atoms. The maximum absolute atomic E-state index is 12.7. The van der Waals surface area contributed by atoms with Gasteiger partial charge in [-0.05, 0) is 62.6 Å². The Hall–Kier alpha value is -1.84. The third-order valence-corrected chi connectivity index (χ3v) is 5.09. The lowest BCUT2D eigenvalue weighted by Crippen LogP contribution is -2.40. The summed E-state index contributed by atoms with van der Waals surface area (Å²) in [5, 5.41) is 3.87. The number of benzene rings is 2. The zero-order valence-electron chi connectivity index (χ0n) is 14.9. The topological polar surface area (TPSA) is 32.3 Å². The fourth-order valence-electron chi connectivity index (χ4n) is 3.45. The molecule has 2 aromatic rings. The van der Waals surface area contributed by atoms with Gasteiger partial charge in [-0.25, -0.2) is 0 Å². The summed E-state index contributed by atoms with van der Waals surface area (Å²) in [6.45, 7) is 6.81. The molecule has 1 heterocycles. The van der Waals surface area contributed by atoms with Crippen LogP contribution in [0, 0.1) is 19.8 Å². The van der Waals surface area contributed by atoms with Crippen LogP contribution in [-0.4, -0.2) is 23.9 Å². The highest BCUT2D eigenvalue weighted by molar-refractivity contribution is 6.30. The minimum absolute atomic E-state index is 0.0433. The first kappa shape index (κ1) is 18.0. The van der Waals surface area contributed by atoms with Crippen LogP contribution in [0.5, 0.6) is 0 Å². The van der Waals surface area contributed by atoms with E-state index in [1.54, 1.807) is 0 Å². The van der Waals surface area contributed by atoms with Crippen LogP contribution < -0.4 is 5.32 Å². The van der Waals surface area contributed by atoms with E-state index in [4.69, 9.17) is 11.6 Å². The molecule has 0 spiro atoms. The Kier molecular flexibility index (Phi) is 5.77. The Morgan fingerprint density at radius 1 is 1.20 bits per heavy atom. The molecule has 4 heteroatoms. The lowest BCUT2D eigenvalue weighted by Gasteiger charge is -2.32. The van der Waals surface area contributed by atoms with Crippen molar-refractivity contribution in [1.82, 2.24) is 4.90 Å². The van der Waals surface area contributed by atoms with Gasteiger partial charge in [0.2, 0.25) is 5.91 Å². The number of halogens is 1. The highest BCUT2D eigenvalue weighted by atomic mass is 35.5. The Bertz CT molecular complexity index is 742. The van der Waals surface area contributed by atoms with E-state index in [2.05, 4.69) is 35.3 Å². The van der Waals surface area contributed by atoms with Gasteiger partial charge in [0.05, 0.1) is 5.92 Å². The lowest BCUT2D eigenvalue weighted by molar-refractivity contribution is -0.121. The molecule has 1 fully saturated rings. The maximum atomic E-state index is 12.7. The zero-order chi connectivity index (χ0) is 17.8. The Morgan fingerprint density at radius 3 is 2.68 bits per heavy atom. The predicted octanol–water partition coefficient (Wildman–Crippen LogP) is 4.81. The number of carbonyl (C=O) groups excluding carboxylic acids is 1. The van der Waals surface area contributed by atoms with Crippen molar-refractivity contribution in [2.24, 2.45) is 5.92 Å². The highest BCUT2D eigenvalue weighted by Crippen LogP contribution is 2.22. The molecule has 0 unspecified atom stereocenters. The third-order valence-electron chi connectivity index (χ3n) is 4.84. The summed E-state index contributed by atoms with van der Waals surface area (Å²) in [4.78, 5) is 15.1. The van der Waals surface area contributed by atoms with E-state index in [9.17, 15) is 4.79 Å². The predicted molar refractivity (Wildman–Crippen MR) is 104 cm³/mol. The molecule has 1 aliphatic heterocycles. The molecule has 132 valence electrons. The molecule has 0 saturated carbocycles. The first-order valence-corrected chi connectivity index (χ1v) is 9.24. The fraction of sp³-hybridized carbons (Fsp3) is 0.381. The third kappa shape index (κ3) is 4.83. The van der Waals surface area contributed by atoms with Crippen molar-refractivity contribution in [2.75, 3.05) is 18.4 Å². The van der Waals surface area contributed by atoms with E-state index in [1.807, 2.05) is 31.2 Å². The maximum Gasteiger partial charge on any atom is 0.228 e. The van der Waals surface area contributed by atoms with Gasteiger partial charge < -0.3 is 5.32 Å². The lowest BCUT2D eigenvalue weighted by atomic mass is 9.96. The van der Waals surface area contributed by atoms with Crippen LogP contribution in [0.25, 0.3) is 0 Å². The molecule has 2 aromatic carbocycles. The number of anilines is 1. The van der Waals surface area contributed by atoms with E-state index in [-0.39, 0.29) is 11.8 Å². The summed E-state index contributed by atoms with van der Waals surface area (Å²) in [6, 6.07) is 14.1. The van der Waals surface area contributed by atoms with Crippen molar-refractivity contribution in [3.05, 3.63) is 64.2 Å². The van der Waals surface area contributed by atoms with Gasteiger partial charge in [-0.2, -0.15) is 0 Å². The van der Waals surface area contributed by atoms with Gasteiger partial charge in [0.25, 0.3) is 0 Å². The Morgan fingerprint density at radius 2 is 1.96 bits per heavy atom. The van der Waals surface area contributed by atoms with Gasteiger partial charge in [0.15, 0.2) is 0 Å². The molecule has 1 N–H and O–H groups in total. The van der Waals surface area contributed by atoms with Crippen LogP contribution in [-0.2, 0) is 11.3 Å². The van der Waals surface area contributed by atoms with Crippen molar-refractivity contribution in [2.45, 2.75) is 33.2 Å². The number of hydrogen-bond donors (Lipinski definition) is 1. The van der Waals surface area contributed by atoms with E-state index in [1.165, 1.54) is 11.1 Å².